The van der Waals surface area contributed by atoms with Crippen molar-refractivity contribution in [2.45, 2.75) is 19.8 Å². The lowest BCUT2D eigenvalue weighted by atomic mass is 10.3. The summed E-state index contributed by atoms with van der Waals surface area (Å²) in [5, 5.41) is 7.82. The van der Waals surface area contributed by atoms with Gasteiger partial charge >= 0.3 is 6.03 Å². The molecule has 0 aliphatic rings. The quantitative estimate of drug-likeness (QED) is 0.720. The summed E-state index contributed by atoms with van der Waals surface area (Å²) in [6, 6.07) is 7.94. The highest BCUT2D eigenvalue weighted by atomic mass is 32.1. The van der Waals surface area contributed by atoms with Crippen LogP contribution < -0.4 is 10.6 Å². The first-order chi connectivity index (χ1) is 11.2. The van der Waals surface area contributed by atoms with E-state index in [0.29, 0.717) is 13.1 Å². The highest BCUT2D eigenvalue weighted by molar-refractivity contribution is 7.18. The van der Waals surface area contributed by atoms with E-state index >= 15 is 0 Å². The Balaban J connectivity index is 1.37. The second-order valence-corrected chi connectivity index (χ2v) is 7.56. The molecule has 5 nitrogen and oxygen atoms in total. The number of amides is 2. The van der Waals surface area contributed by atoms with Crippen LogP contribution in [-0.2, 0) is 12.8 Å². The van der Waals surface area contributed by atoms with Crippen LogP contribution in [0, 0.1) is 6.92 Å². The fraction of sp³-hybridized carbons (Fsp3) is 0.312. The van der Waals surface area contributed by atoms with E-state index in [1.54, 1.807) is 22.7 Å². The normalized spacial score (nSPS) is 10.8. The summed E-state index contributed by atoms with van der Waals surface area (Å²) in [5.74, 6) is 0. The Bertz CT molecular complexity index is 763. The van der Waals surface area contributed by atoms with Crippen molar-refractivity contribution in [3.05, 3.63) is 45.4 Å². The molecule has 120 valence electrons. The van der Waals surface area contributed by atoms with Gasteiger partial charge in [0.25, 0.3) is 0 Å². The minimum absolute atomic E-state index is 0.139. The Morgan fingerprint density at radius 3 is 2.52 bits per heavy atom. The van der Waals surface area contributed by atoms with Gasteiger partial charge in [0.2, 0.25) is 0 Å². The molecule has 1 aromatic carbocycles. The van der Waals surface area contributed by atoms with Gasteiger partial charge in [0.05, 0.1) is 20.2 Å². The van der Waals surface area contributed by atoms with Crippen molar-refractivity contribution in [2.75, 3.05) is 13.1 Å². The fourth-order valence-electron chi connectivity index (χ4n) is 2.17. The van der Waals surface area contributed by atoms with E-state index in [1.165, 1.54) is 9.58 Å². The molecule has 2 heterocycles. The van der Waals surface area contributed by atoms with Gasteiger partial charge in [-0.1, -0.05) is 12.1 Å². The lowest BCUT2D eigenvalue weighted by molar-refractivity contribution is 0.241. The van der Waals surface area contributed by atoms with Crippen LogP contribution in [0.25, 0.3) is 10.2 Å². The lowest BCUT2D eigenvalue weighted by Gasteiger charge is -2.05. The number of thiazole rings is 2. The van der Waals surface area contributed by atoms with Gasteiger partial charge in [-0.2, -0.15) is 0 Å². The molecule has 0 atom stereocenters. The molecule has 0 aliphatic carbocycles. The van der Waals surface area contributed by atoms with Crippen LogP contribution in [0.1, 0.15) is 14.9 Å². The molecule has 2 amide bonds. The van der Waals surface area contributed by atoms with Crippen LogP contribution in [-0.4, -0.2) is 29.1 Å². The average Bonchev–Trinajstić information content (AvgIpc) is 3.13. The minimum Gasteiger partial charge on any atom is -0.338 e. The van der Waals surface area contributed by atoms with Crippen molar-refractivity contribution < 1.29 is 4.79 Å². The summed E-state index contributed by atoms with van der Waals surface area (Å²) in [7, 11) is 0. The first-order valence-corrected chi connectivity index (χ1v) is 9.11. The number of aryl methyl sites for hydroxylation is 1. The predicted octanol–water partition coefficient (Wildman–Crippen LogP) is 3.15. The molecule has 0 radical (unpaired) electrons. The van der Waals surface area contributed by atoms with Gasteiger partial charge in [0, 0.05) is 37.0 Å². The monoisotopic (exact) mass is 346 g/mol. The van der Waals surface area contributed by atoms with Crippen molar-refractivity contribution in [2.24, 2.45) is 0 Å². The number of hydrogen-bond acceptors (Lipinski definition) is 5. The number of carbonyl (C=O) groups is 1. The van der Waals surface area contributed by atoms with E-state index in [0.717, 1.165) is 28.4 Å². The Kier molecular flexibility index (Phi) is 5.19. The molecule has 0 aliphatic heterocycles. The number of fused-ring (bicyclic) bond motifs is 1. The summed E-state index contributed by atoms with van der Waals surface area (Å²) in [6.45, 7) is 3.21. The second kappa shape index (κ2) is 7.52. The number of urea groups is 1. The summed E-state index contributed by atoms with van der Waals surface area (Å²) in [6.07, 6.45) is 3.38. The lowest BCUT2D eigenvalue weighted by Crippen LogP contribution is -2.37. The highest BCUT2D eigenvalue weighted by Crippen LogP contribution is 2.21. The Hall–Kier alpha value is -1.99. The third kappa shape index (κ3) is 4.49. The maximum Gasteiger partial charge on any atom is 0.314 e. The Morgan fingerprint density at radius 1 is 1.09 bits per heavy atom. The average molecular weight is 346 g/mol. The first kappa shape index (κ1) is 15.9. The molecule has 0 saturated heterocycles. The van der Waals surface area contributed by atoms with E-state index in [4.69, 9.17) is 0 Å². The molecule has 3 rings (SSSR count). The SMILES string of the molecule is Cc1cnc(CCNC(=O)NCCc2nc3ccccc3s2)s1. The Morgan fingerprint density at radius 2 is 1.83 bits per heavy atom. The van der Waals surface area contributed by atoms with Crippen molar-refractivity contribution in [1.82, 2.24) is 20.6 Å². The summed E-state index contributed by atoms with van der Waals surface area (Å²) < 4.78 is 1.19. The molecule has 23 heavy (non-hydrogen) atoms. The van der Waals surface area contributed by atoms with Crippen LogP contribution >= 0.6 is 22.7 Å². The molecule has 0 saturated carbocycles. The number of nitrogens with zero attached hydrogens (tertiary/aromatic N) is 2. The predicted molar refractivity (Wildman–Crippen MR) is 95.3 cm³/mol. The van der Waals surface area contributed by atoms with Crippen molar-refractivity contribution in [3.8, 4) is 0 Å². The molecule has 0 fully saturated rings. The second-order valence-electron chi connectivity index (χ2n) is 5.12. The van der Waals surface area contributed by atoms with E-state index in [-0.39, 0.29) is 6.03 Å². The van der Waals surface area contributed by atoms with Crippen molar-refractivity contribution in [3.63, 3.8) is 0 Å². The van der Waals surface area contributed by atoms with Crippen LogP contribution in [0.3, 0.4) is 0 Å². The zero-order chi connectivity index (χ0) is 16.1. The standard InChI is InChI=1S/C16H18N4OS2/c1-11-10-19-14(22-11)6-8-17-16(21)18-9-7-15-20-12-4-2-3-5-13(12)23-15/h2-5,10H,6-9H2,1H3,(H2,17,18,21). The van der Waals surface area contributed by atoms with Crippen LogP contribution in [0.4, 0.5) is 4.79 Å². The molecule has 3 aromatic rings. The number of aromatic nitrogens is 2. The third-order valence-corrected chi connectivity index (χ3v) is 5.32. The van der Waals surface area contributed by atoms with Crippen molar-refractivity contribution >= 4 is 38.9 Å². The Labute approximate surface area is 142 Å². The molecule has 0 bridgehead atoms. The van der Waals surface area contributed by atoms with E-state index in [1.807, 2.05) is 31.3 Å². The molecule has 0 spiro atoms. The van der Waals surface area contributed by atoms with Crippen LogP contribution in [0.5, 0.6) is 0 Å². The maximum atomic E-state index is 11.7. The molecule has 0 unspecified atom stereocenters. The van der Waals surface area contributed by atoms with Crippen LogP contribution in [0.15, 0.2) is 30.5 Å². The minimum atomic E-state index is -0.139. The third-order valence-electron chi connectivity index (χ3n) is 3.26. The zero-order valence-corrected chi connectivity index (χ0v) is 14.5. The van der Waals surface area contributed by atoms with E-state index < -0.39 is 0 Å². The van der Waals surface area contributed by atoms with Crippen LogP contribution in [0.2, 0.25) is 0 Å². The number of hydrogen-bond donors (Lipinski definition) is 2. The first-order valence-electron chi connectivity index (χ1n) is 7.48. The van der Waals surface area contributed by atoms with Gasteiger partial charge < -0.3 is 10.6 Å². The largest absolute Gasteiger partial charge is 0.338 e. The van der Waals surface area contributed by atoms with Gasteiger partial charge in [-0.3, -0.25) is 0 Å². The van der Waals surface area contributed by atoms with Gasteiger partial charge in [-0.15, -0.1) is 22.7 Å². The fourth-order valence-corrected chi connectivity index (χ4v) is 3.93. The number of rotatable bonds is 6. The molecule has 2 aromatic heterocycles. The van der Waals surface area contributed by atoms with Gasteiger partial charge in [-0.25, -0.2) is 14.8 Å². The topological polar surface area (TPSA) is 66.9 Å². The highest BCUT2D eigenvalue weighted by Gasteiger charge is 2.05. The number of benzene rings is 1. The molecular weight excluding hydrogens is 328 g/mol. The zero-order valence-electron chi connectivity index (χ0n) is 12.8. The maximum absolute atomic E-state index is 11.7. The number of nitrogens with one attached hydrogen (secondary N) is 2. The van der Waals surface area contributed by atoms with Gasteiger partial charge in [-0.05, 0) is 19.1 Å². The smallest absolute Gasteiger partial charge is 0.314 e. The summed E-state index contributed by atoms with van der Waals surface area (Å²) in [4.78, 5) is 21.8. The number of para-hydroxylation sites is 1. The number of carbonyl (C=O) groups excluding carboxylic acids is 1. The van der Waals surface area contributed by atoms with Crippen molar-refractivity contribution in [1.29, 1.82) is 0 Å². The molecular formula is C16H18N4OS2. The van der Waals surface area contributed by atoms with E-state index in [2.05, 4.69) is 26.7 Å². The summed E-state index contributed by atoms with van der Waals surface area (Å²) in [5.41, 5.74) is 1.02. The van der Waals surface area contributed by atoms with Gasteiger partial charge in [0.15, 0.2) is 0 Å². The molecule has 7 heteroatoms. The van der Waals surface area contributed by atoms with Gasteiger partial charge in [0.1, 0.15) is 0 Å². The molecule has 2 N–H and O–H groups in total. The van der Waals surface area contributed by atoms with E-state index in [9.17, 15) is 4.79 Å². The summed E-state index contributed by atoms with van der Waals surface area (Å²) >= 11 is 3.34.